The largest absolute Gasteiger partial charge is 0.503 e. The van der Waals surface area contributed by atoms with E-state index in [-0.39, 0.29) is 11.2 Å². The van der Waals surface area contributed by atoms with Crippen LogP contribution in [0.25, 0.3) is 0 Å². The summed E-state index contributed by atoms with van der Waals surface area (Å²) in [4.78, 5) is 14.0. The van der Waals surface area contributed by atoms with Crippen LogP contribution in [0.5, 0.6) is 5.75 Å². The van der Waals surface area contributed by atoms with E-state index in [9.17, 15) is 9.90 Å². The molecule has 1 saturated heterocycles. The number of likely N-dealkylation sites (tertiary alicyclic amines) is 1. The predicted molar refractivity (Wildman–Crippen MR) is 71.7 cm³/mol. The maximum absolute atomic E-state index is 11.5. The van der Waals surface area contributed by atoms with Gasteiger partial charge in [-0.05, 0) is 26.7 Å². The van der Waals surface area contributed by atoms with E-state index in [1.807, 2.05) is 11.6 Å². The summed E-state index contributed by atoms with van der Waals surface area (Å²) in [5, 5.41) is 9.39. The molecule has 0 radical (unpaired) electrons. The van der Waals surface area contributed by atoms with Gasteiger partial charge in [-0.2, -0.15) is 0 Å². The van der Waals surface area contributed by atoms with Gasteiger partial charge in [-0.3, -0.25) is 9.69 Å². The molecular weight excluding hydrogens is 228 g/mol. The van der Waals surface area contributed by atoms with Crippen molar-refractivity contribution >= 4 is 0 Å². The second-order valence-electron chi connectivity index (χ2n) is 5.43. The molecule has 4 heteroatoms. The first-order valence-corrected chi connectivity index (χ1v) is 6.63. The minimum Gasteiger partial charge on any atom is -0.503 e. The van der Waals surface area contributed by atoms with Gasteiger partial charge in [0.1, 0.15) is 0 Å². The summed E-state index contributed by atoms with van der Waals surface area (Å²) in [6, 6.07) is 2.65. The number of rotatable bonds is 2. The first kappa shape index (κ1) is 13.1. The Morgan fingerprint density at radius 1 is 1.33 bits per heavy atom. The average Bonchev–Trinajstić information content (AvgIpc) is 2.30. The quantitative estimate of drug-likeness (QED) is 0.871. The second-order valence-corrected chi connectivity index (χ2v) is 5.43. The van der Waals surface area contributed by atoms with Gasteiger partial charge in [-0.1, -0.05) is 6.42 Å². The summed E-state index contributed by atoms with van der Waals surface area (Å²) in [6.07, 6.45) is 5.22. The van der Waals surface area contributed by atoms with E-state index < -0.39 is 0 Å². The van der Waals surface area contributed by atoms with Crippen LogP contribution in [0.1, 0.15) is 38.8 Å². The molecule has 0 bridgehead atoms. The summed E-state index contributed by atoms with van der Waals surface area (Å²) in [7, 11) is 1.87. The first-order valence-electron chi connectivity index (χ1n) is 6.63. The lowest BCUT2D eigenvalue weighted by Crippen LogP contribution is -2.43. The van der Waals surface area contributed by atoms with Crippen molar-refractivity contribution in [3.63, 3.8) is 0 Å². The number of aryl methyl sites for hydroxylation is 1. The molecule has 2 heterocycles. The lowest BCUT2D eigenvalue weighted by atomic mass is 9.97. The zero-order chi connectivity index (χ0) is 13.3. The Labute approximate surface area is 108 Å². The van der Waals surface area contributed by atoms with Crippen LogP contribution < -0.4 is 5.43 Å². The average molecular weight is 250 g/mol. The van der Waals surface area contributed by atoms with Crippen molar-refractivity contribution in [2.75, 3.05) is 0 Å². The topological polar surface area (TPSA) is 45.5 Å². The van der Waals surface area contributed by atoms with E-state index in [4.69, 9.17) is 0 Å². The molecule has 4 nitrogen and oxygen atoms in total. The Hall–Kier alpha value is -1.29. The highest BCUT2D eigenvalue weighted by Crippen LogP contribution is 2.24. The number of piperidine rings is 1. The molecule has 1 aliphatic rings. The third-order valence-electron chi connectivity index (χ3n) is 4.04. The van der Waals surface area contributed by atoms with Crippen LogP contribution in [-0.4, -0.2) is 26.7 Å². The van der Waals surface area contributed by atoms with Crippen LogP contribution in [-0.2, 0) is 13.6 Å². The van der Waals surface area contributed by atoms with Crippen molar-refractivity contribution in [1.29, 1.82) is 0 Å². The van der Waals surface area contributed by atoms with Crippen LogP contribution in [0.2, 0.25) is 0 Å². The second kappa shape index (κ2) is 5.14. The van der Waals surface area contributed by atoms with Crippen molar-refractivity contribution in [3.8, 4) is 5.75 Å². The molecule has 1 N–H and O–H groups in total. The number of hydrogen-bond donors (Lipinski definition) is 1. The zero-order valence-electron chi connectivity index (χ0n) is 11.4. The molecular formula is C14H22N2O2. The van der Waals surface area contributed by atoms with Crippen LogP contribution >= 0.6 is 0 Å². The highest BCUT2D eigenvalue weighted by Gasteiger charge is 2.25. The third kappa shape index (κ3) is 2.58. The highest BCUT2D eigenvalue weighted by molar-refractivity contribution is 5.20. The van der Waals surface area contributed by atoms with Gasteiger partial charge in [0.2, 0.25) is 5.43 Å². The Balaban J connectivity index is 2.23. The molecule has 0 amide bonds. The van der Waals surface area contributed by atoms with Crippen LogP contribution in [0.15, 0.2) is 17.1 Å². The van der Waals surface area contributed by atoms with Crippen LogP contribution in [0, 0.1) is 0 Å². The third-order valence-corrected chi connectivity index (χ3v) is 4.04. The summed E-state index contributed by atoms with van der Waals surface area (Å²) in [5.74, 6) is -0.180. The van der Waals surface area contributed by atoms with E-state index in [2.05, 4.69) is 18.7 Å². The molecule has 100 valence electrons. The molecule has 2 unspecified atom stereocenters. The molecule has 0 aromatic carbocycles. The monoisotopic (exact) mass is 250 g/mol. The summed E-state index contributed by atoms with van der Waals surface area (Å²) in [5.41, 5.74) is 0.666. The van der Waals surface area contributed by atoms with Crippen LogP contribution in [0.4, 0.5) is 0 Å². The lowest BCUT2D eigenvalue weighted by Gasteiger charge is -2.39. The predicted octanol–water partition coefficient (Wildman–Crippen LogP) is 1.85. The smallest absolute Gasteiger partial charge is 0.223 e. The molecule has 2 rings (SSSR count). The fraction of sp³-hybridized carbons (Fsp3) is 0.643. The van der Waals surface area contributed by atoms with Crippen molar-refractivity contribution in [2.45, 2.75) is 51.7 Å². The Morgan fingerprint density at radius 2 is 1.94 bits per heavy atom. The SMILES string of the molecule is CC1CCCC(C)N1Cc1cc(=O)c(O)cn1C. The Morgan fingerprint density at radius 3 is 2.56 bits per heavy atom. The summed E-state index contributed by atoms with van der Waals surface area (Å²) in [6.45, 7) is 5.26. The van der Waals surface area contributed by atoms with Crippen molar-refractivity contribution in [3.05, 3.63) is 28.2 Å². The van der Waals surface area contributed by atoms with E-state index >= 15 is 0 Å². The van der Waals surface area contributed by atoms with Gasteiger partial charge in [-0.15, -0.1) is 0 Å². The molecule has 1 aliphatic heterocycles. The van der Waals surface area contributed by atoms with Crippen molar-refractivity contribution in [1.82, 2.24) is 9.47 Å². The van der Waals surface area contributed by atoms with Gasteiger partial charge in [-0.25, -0.2) is 0 Å². The Kier molecular flexibility index (Phi) is 3.76. The molecule has 1 aromatic rings. The number of pyridine rings is 1. The van der Waals surface area contributed by atoms with Gasteiger partial charge >= 0.3 is 0 Å². The van der Waals surface area contributed by atoms with Gasteiger partial charge < -0.3 is 9.67 Å². The van der Waals surface area contributed by atoms with Crippen LogP contribution in [0.3, 0.4) is 0 Å². The van der Waals surface area contributed by atoms with Crippen molar-refractivity contribution < 1.29 is 5.11 Å². The number of aromatic nitrogens is 1. The number of aromatic hydroxyl groups is 1. The standard InChI is InChI=1S/C14H22N2O2/c1-10-5-4-6-11(2)16(10)8-12-7-13(17)14(18)9-15(12)3/h7,9-11,18H,4-6,8H2,1-3H3. The summed E-state index contributed by atoms with van der Waals surface area (Å²) < 4.78 is 1.84. The van der Waals surface area contributed by atoms with Gasteiger partial charge in [0.15, 0.2) is 5.75 Å². The van der Waals surface area contributed by atoms with E-state index in [1.54, 1.807) is 6.07 Å². The molecule has 1 aromatic heterocycles. The number of hydrogen-bond acceptors (Lipinski definition) is 3. The van der Waals surface area contributed by atoms with Gasteiger partial charge in [0.25, 0.3) is 0 Å². The summed E-state index contributed by atoms with van der Waals surface area (Å²) >= 11 is 0. The van der Waals surface area contributed by atoms with Crippen molar-refractivity contribution in [2.24, 2.45) is 7.05 Å². The lowest BCUT2D eigenvalue weighted by molar-refractivity contribution is 0.0925. The Bertz CT molecular complexity index is 471. The van der Waals surface area contributed by atoms with E-state index in [0.717, 1.165) is 12.2 Å². The fourth-order valence-corrected chi connectivity index (χ4v) is 2.79. The normalized spacial score (nSPS) is 25.3. The van der Waals surface area contributed by atoms with E-state index in [0.29, 0.717) is 12.1 Å². The maximum atomic E-state index is 11.5. The minimum absolute atomic E-state index is 0.180. The maximum Gasteiger partial charge on any atom is 0.223 e. The molecule has 0 saturated carbocycles. The molecule has 2 atom stereocenters. The van der Waals surface area contributed by atoms with E-state index in [1.165, 1.54) is 25.5 Å². The highest BCUT2D eigenvalue weighted by atomic mass is 16.3. The van der Waals surface area contributed by atoms with Gasteiger partial charge in [0, 0.05) is 43.6 Å². The molecule has 0 aliphatic carbocycles. The molecule has 1 fully saturated rings. The fourth-order valence-electron chi connectivity index (χ4n) is 2.79. The van der Waals surface area contributed by atoms with Gasteiger partial charge in [0.05, 0.1) is 0 Å². The first-order chi connectivity index (χ1) is 8.49. The number of nitrogens with zero attached hydrogens (tertiary/aromatic N) is 2. The molecule has 18 heavy (non-hydrogen) atoms. The zero-order valence-corrected chi connectivity index (χ0v) is 11.4. The molecule has 0 spiro atoms. The minimum atomic E-state index is -0.291.